The fraction of sp³-hybridized carbons (Fsp3) is 0.500. The third-order valence-corrected chi connectivity index (χ3v) is 2.97. The van der Waals surface area contributed by atoms with Crippen LogP contribution < -0.4 is 20.1 Å². The first-order chi connectivity index (χ1) is 9.79. The first-order valence-electron chi connectivity index (χ1n) is 6.65. The molecule has 0 aromatic heterocycles. The summed E-state index contributed by atoms with van der Waals surface area (Å²) in [4.78, 5) is 11.8. The number of carbonyl (C=O) groups is 1. The molecule has 1 atom stereocenters. The molecule has 1 aromatic carbocycles. The molecular weight excluding hydrogens is 260 g/mol. The number of carbonyl (C=O) groups excluding carboxylic acids is 1. The summed E-state index contributed by atoms with van der Waals surface area (Å²) in [7, 11) is 1.62. The quantitative estimate of drug-likeness (QED) is 0.728. The molecule has 1 aliphatic heterocycles. The van der Waals surface area contributed by atoms with Gasteiger partial charge in [0.1, 0.15) is 24.1 Å². The Morgan fingerprint density at radius 1 is 1.40 bits per heavy atom. The molecule has 1 amide bonds. The Hall–Kier alpha value is -1.79. The van der Waals surface area contributed by atoms with Crippen molar-refractivity contribution in [1.82, 2.24) is 10.6 Å². The summed E-state index contributed by atoms with van der Waals surface area (Å²) in [5, 5.41) is 5.91. The molecule has 0 spiro atoms. The highest BCUT2D eigenvalue weighted by Gasteiger charge is 2.20. The molecular formula is C14H20N2O4. The summed E-state index contributed by atoms with van der Waals surface area (Å²) in [6.45, 7) is 2.67. The lowest BCUT2D eigenvalue weighted by Crippen LogP contribution is -2.51. The summed E-state index contributed by atoms with van der Waals surface area (Å²) in [5.41, 5.74) is 0. The van der Waals surface area contributed by atoms with Crippen LogP contribution in [0.2, 0.25) is 0 Å². The first kappa shape index (κ1) is 14.6. The van der Waals surface area contributed by atoms with Gasteiger partial charge in [-0.3, -0.25) is 4.79 Å². The van der Waals surface area contributed by atoms with Gasteiger partial charge in [0.05, 0.1) is 26.9 Å². The van der Waals surface area contributed by atoms with Crippen LogP contribution >= 0.6 is 0 Å². The van der Waals surface area contributed by atoms with Crippen LogP contribution in [0.4, 0.5) is 0 Å². The van der Waals surface area contributed by atoms with Gasteiger partial charge in [-0.1, -0.05) is 0 Å². The Morgan fingerprint density at radius 2 is 2.15 bits per heavy atom. The highest BCUT2D eigenvalue weighted by atomic mass is 16.5. The number of benzene rings is 1. The van der Waals surface area contributed by atoms with Crippen molar-refractivity contribution in [1.29, 1.82) is 0 Å². The highest BCUT2D eigenvalue weighted by Crippen LogP contribution is 2.16. The smallest absolute Gasteiger partial charge is 0.239 e. The van der Waals surface area contributed by atoms with Gasteiger partial charge >= 0.3 is 0 Å². The highest BCUT2D eigenvalue weighted by molar-refractivity contribution is 5.81. The monoisotopic (exact) mass is 280 g/mol. The minimum Gasteiger partial charge on any atom is -0.497 e. The predicted octanol–water partition coefficient (Wildman–Crippen LogP) is 0.179. The molecule has 2 rings (SSSR count). The average Bonchev–Trinajstić information content (AvgIpc) is 2.53. The van der Waals surface area contributed by atoms with Gasteiger partial charge < -0.3 is 24.8 Å². The van der Waals surface area contributed by atoms with Crippen molar-refractivity contribution in [3.63, 3.8) is 0 Å². The second-order valence-corrected chi connectivity index (χ2v) is 4.40. The molecule has 110 valence electrons. The normalized spacial score (nSPS) is 18.4. The molecule has 1 fully saturated rings. The first-order valence-corrected chi connectivity index (χ1v) is 6.65. The molecule has 0 saturated carbocycles. The number of nitrogens with one attached hydrogen (secondary N) is 2. The van der Waals surface area contributed by atoms with Gasteiger partial charge in [0.2, 0.25) is 5.91 Å². The van der Waals surface area contributed by atoms with Crippen molar-refractivity contribution in [2.75, 3.05) is 40.0 Å². The molecule has 0 aliphatic carbocycles. The third kappa shape index (κ3) is 4.40. The van der Waals surface area contributed by atoms with Gasteiger partial charge in [0.25, 0.3) is 0 Å². The summed E-state index contributed by atoms with van der Waals surface area (Å²) in [6.07, 6.45) is 0. The van der Waals surface area contributed by atoms with Crippen LogP contribution in [0.15, 0.2) is 24.3 Å². The van der Waals surface area contributed by atoms with Gasteiger partial charge in [0, 0.05) is 6.54 Å². The molecule has 6 heteroatoms. The number of rotatable bonds is 6. The van der Waals surface area contributed by atoms with Gasteiger partial charge in [-0.25, -0.2) is 0 Å². The second-order valence-electron chi connectivity index (χ2n) is 4.40. The summed E-state index contributed by atoms with van der Waals surface area (Å²) < 4.78 is 15.8. The molecule has 20 heavy (non-hydrogen) atoms. The molecule has 1 unspecified atom stereocenters. The van der Waals surface area contributed by atoms with Crippen molar-refractivity contribution in [2.45, 2.75) is 6.04 Å². The largest absolute Gasteiger partial charge is 0.497 e. The number of hydrogen-bond acceptors (Lipinski definition) is 5. The molecule has 1 aliphatic rings. The van der Waals surface area contributed by atoms with Crippen LogP contribution in [-0.4, -0.2) is 52.0 Å². The Bertz CT molecular complexity index is 416. The predicted molar refractivity (Wildman–Crippen MR) is 74.1 cm³/mol. The summed E-state index contributed by atoms with van der Waals surface area (Å²) >= 11 is 0. The van der Waals surface area contributed by atoms with E-state index in [1.54, 1.807) is 7.11 Å². The van der Waals surface area contributed by atoms with E-state index in [1.165, 1.54) is 0 Å². The average molecular weight is 280 g/mol. The number of ether oxygens (including phenoxy) is 3. The molecule has 2 N–H and O–H groups in total. The fourth-order valence-electron chi connectivity index (χ4n) is 1.87. The van der Waals surface area contributed by atoms with Crippen molar-refractivity contribution < 1.29 is 19.0 Å². The number of methoxy groups -OCH3 is 1. The lowest BCUT2D eigenvalue weighted by atomic mass is 10.2. The number of hydrogen-bond donors (Lipinski definition) is 2. The standard InChI is InChI=1S/C14H20N2O4/c1-18-11-2-4-12(5-3-11)20-9-7-16-14(17)13-10-19-8-6-15-13/h2-5,13,15H,6-10H2,1H3,(H,16,17). The van der Waals surface area contributed by atoms with E-state index in [0.717, 1.165) is 11.5 Å². The Kier molecular flexibility index (Phi) is 5.64. The maximum absolute atomic E-state index is 11.8. The Labute approximate surface area is 118 Å². The summed E-state index contributed by atoms with van der Waals surface area (Å²) in [5.74, 6) is 1.48. The van der Waals surface area contributed by atoms with Crippen LogP contribution in [0, 0.1) is 0 Å². The molecule has 0 bridgehead atoms. The van der Waals surface area contributed by atoms with E-state index in [-0.39, 0.29) is 11.9 Å². The summed E-state index contributed by atoms with van der Waals surface area (Å²) in [6, 6.07) is 7.06. The SMILES string of the molecule is COc1ccc(OCCNC(=O)C2COCCN2)cc1. The van der Waals surface area contributed by atoms with Gasteiger partial charge in [0.15, 0.2) is 0 Å². The van der Waals surface area contributed by atoms with Crippen LogP contribution in [0.25, 0.3) is 0 Å². The lowest BCUT2D eigenvalue weighted by molar-refractivity contribution is -0.126. The Morgan fingerprint density at radius 3 is 2.80 bits per heavy atom. The van der Waals surface area contributed by atoms with Crippen LogP contribution in [0.5, 0.6) is 11.5 Å². The van der Waals surface area contributed by atoms with Crippen molar-refractivity contribution in [3.8, 4) is 11.5 Å². The second kappa shape index (κ2) is 7.72. The van der Waals surface area contributed by atoms with Crippen molar-refractivity contribution >= 4 is 5.91 Å². The molecule has 1 heterocycles. The van der Waals surface area contributed by atoms with Gasteiger partial charge in [-0.15, -0.1) is 0 Å². The van der Waals surface area contributed by atoms with E-state index in [9.17, 15) is 4.79 Å². The minimum atomic E-state index is -0.260. The Balaban J connectivity index is 1.64. The van der Waals surface area contributed by atoms with Crippen molar-refractivity contribution in [3.05, 3.63) is 24.3 Å². The van der Waals surface area contributed by atoms with E-state index in [0.29, 0.717) is 32.9 Å². The van der Waals surface area contributed by atoms with Gasteiger partial charge in [-0.2, -0.15) is 0 Å². The van der Waals surface area contributed by atoms with Crippen LogP contribution in [0.3, 0.4) is 0 Å². The lowest BCUT2D eigenvalue weighted by Gasteiger charge is -2.22. The zero-order valence-electron chi connectivity index (χ0n) is 11.6. The maximum atomic E-state index is 11.8. The molecule has 6 nitrogen and oxygen atoms in total. The van der Waals surface area contributed by atoms with E-state index in [4.69, 9.17) is 14.2 Å². The van der Waals surface area contributed by atoms with E-state index in [2.05, 4.69) is 10.6 Å². The fourth-order valence-corrected chi connectivity index (χ4v) is 1.87. The van der Waals surface area contributed by atoms with Crippen LogP contribution in [0.1, 0.15) is 0 Å². The van der Waals surface area contributed by atoms with E-state index < -0.39 is 0 Å². The molecule has 1 saturated heterocycles. The van der Waals surface area contributed by atoms with Crippen molar-refractivity contribution in [2.24, 2.45) is 0 Å². The zero-order valence-corrected chi connectivity index (χ0v) is 11.6. The zero-order chi connectivity index (χ0) is 14.2. The maximum Gasteiger partial charge on any atom is 0.239 e. The third-order valence-electron chi connectivity index (χ3n) is 2.97. The molecule has 1 aromatic rings. The van der Waals surface area contributed by atoms with E-state index in [1.807, 2.05) is 24.3 Å². The van der Waals surface area contributed by atoms with Crippen LogP contribution in [-0.2, 0) is 9.53 Å². The number of amides is 1. The number of morpholine rings is 1. The molecule has 0 radical (unpaired) electrons. The minimum absolute atomic E-state index is 0.0527. The van der Waals surface area contributed by atoms with E-state index >= 15 is 0 Å². The topological polar surface area (TPSA) is 68.8 Å². The van der Waals surface area contributed by atoms with Gasteiger partial charge in [-0.05, 0) is 24.3 Å².